The van der Waals surface area contributed by atoms with E-state index in [9.17, 15) is 13.2 Å². The molecular formula is C12H17NO5S. The van der Waals surface area contributed by atoms with Crippen LogP contribution < -0.4 is 10.5 Å². The van der Waals surface area contributed by atoms with Gasteiger partial charge in [-0.3, -0.25) is 0 Å². The fourth-order valence-electron chi connectivity index (χ4n) is 1.34. The van der Waals surface area contributed by atoms with Gasteiger partial charge in [-0.25, -0.2) is 13.2 Å². The van der Waals surface area contributed by atoms with Crippen LogP contribution in [0.3, 0.4) is 0 Å². The number of sulfone groups is 1. The number of rotatable bonds is 6. The summed E-state index contributed by atoms with van der Waals surface area (Å²) in [6.07, 6.45) is 1.12. The molecule has 2 N–H and O–H groups in total. The minimum absolute atomic E-state index is 0.0326. The Labute approximate surface area is 112 Å². The third-order valence-corrected chi connectivity index (χ3v) is 3.12. The van der Waals surface area contributed by atoms with Crippen molar-refractivity contribution in [1.82, 2.24) is 0 Å². The van der Waals surface area contributed by atoms with Crippen LogP contribution in [0.1, 0.15) is 17.3 Å². The summed E-state index contributed by atoms with van der Waals surface area (Å²) in [6, 6.07) is 4.52. The van der Waals surface area contributed by atoms with Crippen molar-refractivity contribution >= 4 is 21.5 Å². The van der Waals surface area contributed by atoms with Gasteiger partial charge in [0.05, 0.1) is 12.4 Å². The van der Waals surface area contributed by atoms with E-state index in [-0.39, 0.29) is 30.3 Å². The van der Waals surface area contributed by atoms with Crippen molar-refractivity contribution in [2.24, 2.45) is 0 Å². The Bertz CT molecular complexity index is 553. The molecule has 0 fully saturated rings. The van der Waals surface area contributed by atoms with Crippen molar-refractivity contribution in [3.05, 3.63) is 23.8 Å². The van der Waals surface area contributed by atoms with Crippen LogP contribution in [0.2, 0.25) is 0 Å². The number of anilines is 1. The van der Waals surface area contributed by atoms with Crippen LogP contribution in [0.5, 0.6) is 5.75 Å². The maximum absolute atomic E-state index is 11.7. The zero-order valence-electron chi connectivity index (χ0n) is 10.9. The van der Waals surface area contributed by atoms with E-state index in [1.807, 2.05) is 0 Å². The van der Waals surface area contributed by atoms with Crippen molar-refractivity contribution in [2.75, 3.05) is 31.0 Å². The van der Waals surface area contributed by atoms with Gasteiger partial charge in [-0.05, 0) is 25.1 Å². The van der Waals surface area contributed by atoms with E-state index in [0.29, 0.717) is 5.69 Å². The van der Waals surface area contributed by atoms with Gasteiger partial charge >= 0.3 is 5.97 Å². The molecule has 19 heavy (non-hydrogen) atoms. The zero-order valence-corrected chi connectivity index (χ0v) is 11.7. The predicted molar refractivity (Wildman–Crippen MR) is 72.0 cm³/mol. The molecule has 0 aromatic heterocycles. The second-order valence-corrected chi connectivity index (χ2v) is 6.21. The van der Waals surface area contributed by atoms with E-state index in [0.717, 1.165) is 6.26 Å². The standard InChI is InChI=1S/C12H17NO5S/c1-3-17-12(14)10-8-9(13)4-5-11(10)18-6-7-19(2,15)16/h4-5,8H,3,6-7,13H2,1-2H3. The first-order valence-corrected chi connectivity index (χ1v) is 7.76. The van der Waals surface area contributed by atoms with Crippen LogP contribution in [0.25, 0.3) is 0 Å². The number of hydrogen-bond donors (Lipinski definition) is 1. The number of nitrogen functional groups attached to an aromatic ring is 1. The van der Waals surface area contributed by atoms with E-state index < -0.39 is 15.8 Å². The molecule has 0 saturated heterocycles. The molecule has 0 aliphatic rings. The van der Waals surface area contributed by atoms with Gasteiger partial charge in [-0.15, -0.1) is 0 Å². The maximum atomic E-state index is 11.7. The molecule has 0 aliphatic carbocycles. The molecule has 0 amide bonds. The molecule has 1 aromatic carbocycles. The van der Waals surface area contributed by atoms with Gasteiger partial charge in [0.1, 0.15) is 17.9 Å². The van der Waals surface area contributed by atoms with Gasteiger partial charge < -0.3 is 15.2 Å². The maximum Gasteiger partial charge on any atom is 0.341 e. The molecule has 0 saturated carbocycles. The normalized spacial score (nSPS) is 11.1. The fraction of sp³-hybridized carbons (Fsp3) is 0.417. The highest BCUT2D eigenvalue weighted by molar-refractivity contribution is 7.90. The van der Waals surface area contributed by atoms with Gasteiger partial charge in [-0.1, -0.05) is 0 Å². The number of benzene rings is 1. The lowest BCUT2D eigenvalue weighted by atomic mass is 10.2. The average Bonchev–Trinajstić information content (AvgIpc) is 2.29. The van der Waals surface area contributed by atoms with Crippen molar-refractivity contribution in [3.63, 3.8) is 0 Å². The number of nitrogens with two attached hydrogens (primary N) is 1. The van der Waals surface area contributed by atoms with E-state index in [2.05, 4.69) is 0 Å². The summed E-state index contributed by atoms with van der Waals surface area (Å²) >= 11 is 0. The number of carbonyl (C=O) groups excluding carboxylic acids is 1. The summed E-state index contributed by atoms with van der Waals surface area (Å²) in [6.45, 7) is 1.89. The Morgan fingerprint density at radius 1 is 1.37 bits per heavy atom. The Kier molecular flexibility index (Phi) is 5.17. The first-order valence-electron chi connectivity index (χ1n) is 5.70. The summed E-state index contributed by atoms with van der Waals surface area (Å²) in [4.78, 5) is 11.7. The topological polar surface area (TPSA) is 95.7 Å². The number of hydrogen-bond acceptors (Lipinski definition) is 6. The summed E-state index contributed by atoms with van der Waals surface area (Å²) in [7, 11) is -3.11. The molecule has 1 aromatic rings. The monoisotopic (exact) mass is 287 g/mol. The van der Waals surface area contributed by atoms with Crippen molar-refractivity contribution in [1.29, 1.82) is 0 Å². The van der Waals surface area contributed by atoms with E-state index in [4.69, 9.17) is 15.2 Å². The summed E-state index contributed by atoms with van der Waals surface area (Å²) in [5.74, 6) is -0.417. The van der Waals surface area contributed by atoms with Crippen molar-refractivity contribution in [2.45, 2.75) is 6.92 Å². The van der Waals surface area contributed by atoms with Gasteiger partial charge in [0.2, 0.25) is 0 Å². The number of esters is 1. The Balaban J connectivity index is 2.85. The van der Waals surface area contributed by atoms with Crippen molar-refractivity contribution < 1.29 is 22.7 Å². The van der Waals surface area contributed by atoms with Crippen LogP contribution in [0.4, 0.5) is 5.69 Å². The molecule has 0 bridgehead atoms. The SMILES string of the molecule is CCOC(=O)c1cc(N)ccc1OCCS(C)(=O)=O. The highest BCUT2D eigenvalue weighted by Crippen LogP contribution is 2.22. The quantitative estimate of drug-likeness (QED) is 0.616. The minimum Gasteiger partial charge on any atom is -0.492 e. The molecule has 106 valence electrons. The summed E-state index contributed by atoms with van der Waals surface area (Å²) in [5, 5.41) is 0. The molecule has 0 spiro atoms. The Hall–Kier alpha value is -1.76. The van der Waals surface area contributed by atoms with E-state index >= 15 is 0 Å². The molecule has 6 nitrogen and oxygen atoms in total. The highest BCUT2D eigenvalue weighted by atomic mass is 32.2. The highest BCUT2D eigenvalue weighted by Gasteiger charge is 2.14. The molecule has 0 radical (unpaired) electrons. The van der Waals surface area contributed by atoms with Gasteiger partial charge in [-0.2, -0.15) is 0 Å². The minimum atomic E-state index is -3.11. The van der Waals surface area contributed by atoms with Crippen LogP contribution in [0, 0.1) is 0 Å². The molecule has 0 atom stereocenters. The first kappa shape index (κ1) is 15.3. The number of carbonyl (C=O) groups is 1. The van der Waals surface area contributed by atoms with E-state index in [1.165, 1.54) is 12.1 Å². The van der Waals surface area contributed by atoms with Gasteiger partial charge in [0.25, 0.3) is 0 Å². The molecule has 0 unspecified atom stereocenters. The van der Waals surface area contributed by atoms with Gasteiger partial charge in [0.15, 0.2) is 9.84 Å². The third-order valence-electron chi connectivity index (χ3n) is 2.21. The Morgan fingerprint density at radius 2 is 2.05 bits per heavy atom. The summed E-state index contributed by atoms with van der Waals surface area (Å²) in [5.41, 5.74) is 6.19. The van der Waals surface area contributed by atoms with Crippen molar-refractivity contribution in [3.8, 4) is 5.75 Å². The van der Waals surface area contributed by atoms with Crippen LogP contribution in [0.15, 0.2) is 18.2 Å². The average molecular weight is 287 g/mol. The number of ether oxygens (including phenoxy) is 2. The first-order chi connectivity index (χ1) is 8.83. The summed E-state index contributed by atoms with van der Waals surface area (Å²) < 4.78 is 32.2. The molecule has 0 aliphatic heterocycles. The predicted octanol–water partition coefficient (Wildman–Crippen LogP) is 0.869. The van der Waals surface area contributed by atoms with Crippen LogP contribution >= 0.6 is 0 Å². The molecule has 1 rings (SSSR count). The molecular weight excluding hydrogens is 270 g/mol. The zero-order chi connectivity index (χ0) is 14.5. The van der Waals surface area contributed by atoms with E-state index in [1.54, 1.807) is 13.0 Å². The lowest BCUT2D eigenvalue weighted by Gasteiger charge is -2.11. The Morgan fingerprint density at radius 3 is 2.63 bits per heavy atom. The van der Waals surface area contributed by atoms with Crippen LogP contribution in [-0.4, -0.2) is 39.6 Å². The second kappa shape index (κ2) is 6.42. The molecule has 0 heterocycles. The molecule has 7 heteroatoms. The third kappa shape index (κ3) is 5.17. The smallest absolute Gasteiger partial charge is 0.341 e. The van der Waals surface area contributed by atoms with Gasteiger partial charge in [0, 0.05) is 11.9 Å². The lowest BCUT2D eigenvalue weighted by molar-refractivity contribution is 0.0522. The fourth-order valence-corrected chi connectivity index (χ4v) is 1.73. The second-order valence-electron chi connectivity index (χ2n) is 3.95. The largest absolute Gasteiger partial charge is 0.492 e. The van der Waals surface area contributed by atoms with Crippen LogP contribution in [-0.2, 0) is 14.6 Å². The lowest BCUT2D eigenvalue weighted by Crippen LogP contribution is -2.14.